The summed E-state index contributed by atoms with van der Waals surface area (Å²) in [6.45, 7) is 0.517. The number of aromatic amines is 1. The predicted molar refractivity (Wildman–Crippen MR) is 66.5 cm³/mol. The molecule has 0 saturated carbocycles. The Bertz CT molecular complexity index is 686. The number of hydrogen-bond donors (Lipinski definition) is 2. The molecule has 3 aromatic rings. The van der Waals surface area contributed by atoms with E-state index in [9.17, 15) is 4.39 Å². The molecular weight excluding hydrogens is 233 g/mol. The second kappa shape index (κ2) is 4.27. The number of H-pyrrole nitrogens is 1. The van der Waals surface area contributed by atoms with Crippen LogP contribution in [-0.4, -0.2) is 16.7 Å². The van der Waals surface area contributed by atoms with Crippen LogP contribution in [-0.2, 0) is 6.42 Å². The molecule has 92 valence electrons. The van der Waals surface area contributed by atoms with Gasteiger partial charge in [0.1, 0.15) is 5.82 Å². The van der Waals surface area contributed by atoms with Gasteiger partial charge in [-0.2, -0.15) is 0 Å². The van der Waals surface area contributed by atoms with E-state index in [-0.39, 0.29) is 5.82 Å². The van der Waals surface area contributed by atoms with Crippen molar-refractivity contribution in [3.05, 3.63) is 41.8 Å². The smallest absolute Gasteiger partial charge is 0.186 e. The lowest BCUT2D eigenvalue weighted by atomic mass is 10.1. The van der Waals surface area contributed by atoms with Gasteiger partial charge in [-0.05, 0) is 31.2 Å². The molecule has 3 rings (SSSR count). The summed E-state index contributed by atoms with van der Waals surface area (Å²) in [5.74, 6) is 0.367. The average Bonchev–Trinajstić information content (AvgIpc) is 2.95. The highest BCUT2D eigenvalue weighted by molar-refractivity contribution is 5.85. The molecule has 2 heterocycles. The fraction of sp³-hybridized carbons (Fsp3) is 0.154. The van der Waals surface area contributed by atoms with Crippen LogP contribution in [0.4, 0.5) is 4.39 Å². The maximum atomic E-state index is 13.6. The molecule has 0 aliphatic heterocycles. The van der Waals surface area contributed by atoms with Gasteiger partial charge in [0, 0.05) is 16.5 Å². The Labute approximate surface area is 103 Å². The van der Waals surface area contributed by atoms with Gasteiger partial charge in [-0.1, -0.05) is 11.2 Å². The first kappa shape index (κ1) is 11.0. The highest BCUT2D eigenvalue weighted by atomic mass is 19.1. The second-order valence-electron chi connectivity index (χ2n) is 4.10. The van der Waals surface area contributed by atoms with Crippen LogP contribution in [0.3, 0.4) is 0 Å². The van der Waals surface area contributed by atoms with Crippen LogP contribution in [0.5, 0.6) is 0 Å². The SMILES string of the molecule is NCCc1cnoc1-c1cc2c(F)cccc2[nH]1. The number of nitrogens with two attached hydrogens (primary N) is 1. The van der Waals surface area contributed by atoms with Crippen LogP contribution >= 0.6 is 0 Å². The normalized spacial score (nSPS) is 11.2. The second-order valence-corrected chi connectivity index (χ2v) is 4.10. The minimum Gasteiger partial charge on any atom is -0.354 e. The van der Waals surface area contributed by atoms with Gasteiger partial charge in [-0.25, -0.2) is 4.39 Å². The average molecular weight is 245 g/mol. The summed E-state index contributed by atoms with van der Waals surface area (Å²) in [6.07, 6.45) is 2.32. The fourth-order valence-corrected chi connectivity index (χ4v) is 2.06. The molecule has 0 amide bonds. The molecule has 0 saturated heterocycles. The first-order valence-corrected chi connectivity index (χ1v) is 5.71. The summed E-state index contributed by atoms with van der Waals surface area (Å²) >= 11 is 0. The summed E-state index contributed by atoms with van der Waals surface area (Å²) in [6, 6.07) is 6.65. The van der Waals surface area contributed by atoms with Crippen LogP contribution in [0.2, 0.25) is 0 Å². The third kappa shape index (κ3) is 1.69. The van der Waals surface area contributed by atoms with Crippen molar-refractivity contribution in [2.75, 3.05) is 6.54 Å². The van der Waals surface area contributed by atoms with Crippen molar-refractivity contribution in [3.63, 3.8) is 0 Å². The molecule has 0 radical (unpaired) electrons. The third-order valence-corrected chi connectivity index (χ3v) is 2.91. The largest absolute Gasteiger partial charge is 0.354 e. The summed E-state index contributed by atoms with van der Waals surface area (Å²) in [5.41, 5.74) is 7.90. The summed E-state index contributed by atoms with van der Waals surface area (Å²) in [4.78, 5) is 3.12. The Kier molecular flexibility index (Phi) is 2.60. The molecular formula is C13H12FN3O. The monoisotopic (exact) mass is 245 g/mol. The molecule has 0 fully saturated rings. The van der Waals surface area contributed by atoms with Gasteiger partial charge in [-0.15, -0.1) is 0 Å². The molecule has 4 nitrogen and oxygen atoms in total. The van der Waals surface area contributed by atoms with Gasteiger partial charge in [0.15, 0.2) is 5.76 Å². The standard InChI is InChI=1S/C13H12FN3O/c14-10-2-1-3-11-9(10)6-12(17-11)13-8(4-5-15)7-16-18-13/h1-3,6-7,17H,4-5,15H2. The van der Waals surface area contributed by atoms with E-state index in [0.29, 0.717) is 24.1 Å². The van der Waals surface area contributed by atoms with Crippen molar-refractivity contribution in [3.8, 4) is 11.5 Å². The molecule has 0 aliphatic carbocycles. The third-order valence-electron chi connectivity index (χ3n) is 2.91. The number of aromatic nitrogens is 2. The van der Waals surface area contributed by atoms with E-state index in [1.165, 1.54) is 6.07 Å². The van der Waals surface area contributed by atoms with Crippen molar-refractivity contribution in [2.45, 2.75) is 6.42 Å². The van der Waals surface area contributed by atoms with Gasteiger partial charge in [0.2, 0.25) is 0 Å². The quantitative estimate of drug-likeness (QED) is 0.744. The lowest BCUT2D eigenvalue weighted by Crippen LogP contribution is -2.02. The molecule has 1 aromatic carbocycles. The highest BCUT2D eigenvalue weighted by Crippen LogP contribution is 2.28. The first-order chi connectivity index (χ1) is 8.79. The van der Waals surface area contributed by atoms with E-state index in [0.717, 1.165) is 16.8 Å². The van der Waals surface area contributed by atoms with Crippen molar-refractivity contribution in [1.82, 2.24) is 10.1 Å². The molecule has 3 N–H and O–H groups in total. The van der Waals surface area contributed by atoms with Crippen LogP contribution in [0.1, 0.15) is 5.56 Å². The molecule has 5 heteroatoms. The van der Waals surface area contributed by atoms with Crippen molar-refractivity contribution in [2.24, 2.45) is 5.73 Å². The number of rotatable bonds is 3. The highest BCUT2D eigenvalue weighted by Gasteiger charge is 2.14. The summed E-state index contributed by atoms with van der Waals surface area (Å²) < 4.78 is 18.8. The number of fused-ring (bicyclic) bond motifs is 1. The van der Waals surface area contributed by atoms with E-state index >= 15 is 0 Å². The lowest BCUT2D eigenvalue weighted by Gasteiger charge is -1.95. The van der Waals surface area contributed by atoms with Gasteiger partial charge in [-0.3, -0.25) is 0 Å². The Morgan fingerprint density at radius 2 is 2.28 bits per heavy atom. The molecule has 0 spiro atoms. The van der Waals surface area contributed by atoms with E-state index in [1.54, 1.807) is 18.3 Å². The molecule has 0 unspecified atom stereocenters. The first-order valence-electron chi connectivity index (χ1n) is 5.71. The Morgan fingerprint density at radius 3 is 3.06 bits per heavy atom. The van der Waals surface area contributed by atoms with E-state index in [2.05, 4.69) is 10.1 Å². The van der Waals surface area contributed by atoms with Crippen LogP contribution in [0.25, 0.3) is 22.4 Å². The van der Waals surface area contributed by atoms with Gasteiger partial charge in [0.05, 0.1) is 11.9 Å². The Balaban J connectivity index is 2.14. The zero-order chi connectivity index (χ0) is 12.5. The number of nitrogens with one attached hydrogen (secondary N) is 1. The number of hydrogen-bond acceptors (Lipinski definition) is 3. The maximum Gasteiger partial charge on any atom is 0.186 e. The number of nitrogens with zero attached hydrogens (tertiary/aromatic N) is 1. The molecule has 2 aromatic heterocycles. The van der Waals surface area contributed by atoms with E-state index in [1.807, 2.05) is 6.07 Å². The maximum absolute atomic E-state index is 13.6. The predicted octanol–water partition coefficient (Wildman–Crippen LogP) is 2.46. The lowest BCUT2D eigenvalue weighted by molar-refractivity contribution is 0.430. The Morgan fingerprint density at radius 1 is 1.39 bits per heavy atom. The minimum absolute atomic E-state index is 0.255. The van der Waals surface area contributed by atoms with Gasteiger partial charge in [0.25, 0.3) is 0 Å². The topological polar surface area (TPSA) is 67.8 Å². The van der Waals surface area contributed by atoms with Crippen LogP contribution in [0.15, 0.2) is 35.0 Å². The van der Waals surface area contributed by atoms with Crippen LogP contribution in [0, 0.1) is 5.82 Å². The number of halogens is 1. The summed E-state index contributed by atoms with van der Waals surface area (Å²) in [7, 11) is 0. The van der Waals surface area contributed by atoms with E-state index < -0.39 is 0 Å². The van der Waals surface area contributed by atoms with Crippen molar-refractivity contribution < 1.29 is 8.91 Å². The van der Waals surface area contributed by atoms with E-state index in [4.69, 9.17) is 10.3 Å². The number of benzene rings is 1. The molecule has 18 heavy (non-hydrogen) atoms. The van der Waals surface area contributed by atoms with Gasteiger partial charge >= 0.3 is 0 Å². The van der Waals surface area contributed by atoms with Gasteiger partial charge < -0.3 is 15.2 Å². The molecule has 0 bridgehead atoms. The van der Waals surface area contributed by atoms with Crippen LogP contribution < -0.4 is 5.73 Å². The zero-order valence-corrected chi connectivity index (χ0v) is 9.61. The Hall–Kier alpha value is -2.14. The van der Waals surface area contributed by atoms with Crippen molar-refractivity contribution in [1.29, 1.82) is 0 Å². The molecule has 0 atom stereocenters. The fourth-order valence-electron chi connectivity index (χ4n) is 2.06. The zero-order valence-electron chi connectivity index (χ0n) is 9.61. The molecule has 0 aliphatic rings. The minimum atomic E-state index is -0.255. The summed E-state index contributed by atoms with van der Waals surface area (Å²) in [5, 5.41) is 4.31. The van der Waals surface area contributed by atoms with Crippen molar-refractivity contribution >= 4 is 10.9 Å².